The molecule has 0 saturated heterocycles. The summed E-state index contributed by atoms with van der Waals surface area (Å²) in [6, 6.07) is 18.7. The van der Waals surface area contributed by atoms with Crippen molar-refractivity contribution in [1.29, 1.82) is 31.6 Å². The molecule has 0 saturated carbocycles. The van der Waals surface area contributed by atoms with Gasteiger partial charge in [-0.2, -0.15) is 31.6 Å². The van der Waals surface area contributed by atoms with Crippen LogP contribution in [0.3, 0.4) is 0 Å². The predicted molar refractivity (Wildman–Crippen MR) is 168 cm³/mol. The number of hydrogen-bond acceptors (Lipinski definition) is 13. The second-order valence-electron chi connectivity index (χ2n) is 10.9. The molecule has 2 aromatic heterocycles. The third-order valence-electron chi connectivity index (χ3n) is 7.81. The summed E-state index contributed by atoms with van der Waals surface area (Å²) in [6.45, 7) is 0. The molecule has 0 spiro atoms. The van der Waals surface area contributed by atoms with Crippen molar-refractivity contribution < 1.29 is 26.4 Å². The highest BCUT2D eigenvalue weighted by Crippen LogP contribution is 2.33. The summed E-state index contributed by atoms with van der Waals surface area (Å²) in [7, 11) is 0. The van der Waals surface area contributed by atoms with Crippen LogP contribution in [0.15, 0.2) is 62.7 Å². The van der Waals surface area contributed by atoms with Gasteiger partial charge < -0.3 is 4.42 Å². The molecule has 0 unspecified atom stereocenters. The van der Waals surface area contributed by atoms with E-state index in [1.54, 1.807) is 0 Å². The highest BCUT2D eigenvalue weighted by Gasteiger charge is 2.30. The SMILES string of the molecule is N#C/C(=C1\N=c2ccc(-c3nc(-c4cc(C#N)cc(C#N)c4)nc(-c4nc5c(C#N)ccc(F)c5o4)n3)c(C#N)c2=N1)c1c(F)c(F)c(C#N)c(F)c1F. The van der Waals surface area contributed by atoms with Gasteiger partial charge in [-0.25, -0.2) is 51.9 Å². The van der Waals surface area contributed by atoms with Crippen LogP contribution in [0.25, 0.3) is 51.2 Å². The zero-order chi connectivity index (χ0) is 38.4. The van der Waals surface area contributed by atoms with Gasteiger partial charge in [0.15, 0.2) is 52.1 Å². The number of allylic oxidation sites excluding steroid dienone is 1. The van der Waals surface area contributed by atoms with Crippen LogP contribution in [0.1, 0.15) is 33.4 Å². The molecule has 18 heteroatoms. The molecule has 3 heterocycles. The minimum atomic E-state index is -2.05. The summed E-state index contributed by atoms with van der Waals surface area (Å²) in [4.78, 5) is 25.5. The molecule has 0 aliphatic carbocycles. The van der Waals surface area contributed by atoms with Crippen molar-refractivity contribution in [2.24, 2.45) is 9.98 Å². The van der Waals surface area contributed by atoms with Crippen molar-refractivity contribution in [3.8, 4) is 70.9 Å². The standard InChI is InChI=1S/C36H7F5N12O/c37-22-3-1-16(10-44)29-31(22)54-36(50-29)35-52-32(17-6-14(8-42)5-15(7-17)9-43)51-33(53-35)18-2-4-23-30(19(18)11-45)49-34(48-23)20(12-46)24-27(40)25(38)21(13-47)26(39)28(24)41/h1-7H/b34-20-. The molecular weight excluding hydrogens is 711 g/mol. The van der Waals surface area contributed by atoms with Gasteiger partial charge in [0.05, 0.1) is 45.3 Å². The average molecular weight is 719 g/mol. The Kier molecular flexibility index (Phi) is 8.05. The maximum Gasteiger partial charge on any atom is 0.266 e. The third kappa shape index (κ3) is 5.26. The summed E-state index contributed by atoms with van der Waals surface area (Å²) >= 11 is 0. The summed E-state index contributed by atoms with van der Waals surface area (Å²) in [5.41, 5.74) is -4.92. The van der Waals surface area contributed by atoms with Gasteiger partial charge in [-0.05, 0) is 42.5 Å². The molecule has 0 radical (unpaired) electrons. The van der Waals surface area contributed by atoms with Crippen LogP contribution in [0.4, 0.5) is 22.0 Å². The van der Waals surface area contributed by atoms with Crippen LogP contribution < -0.4 is 10.7 Å². The number of oxazole rings is 1. The first kappa shape index (κ1) is 33.8. The molecule has 1 aliphatic rings. The number of nitrogens with zero attached hydrogens (tertiary/aromatic N) is 12. The lowest BCUT2D eigenvalue weighted by molar-refractivity contribution is 0.446. The van der Waals surface area contributed by atoms with Crippen molar-refractivity contribution in [3.63, 3.8) is 0 Å². The molecule has 0 atom stereocenters. The van der Waals surface area contributed by atoms with E-state index in [1.165, 1.54) is 42.5 Å². The normalized spacial score (nSPS) is 12.2. The van der Waals surface area contributed by atoms with E-state index >= 15 is 0 Å². The van der Waals surface area contributed by atoms with E-state index in [-0.39, 0.29) is 67.1 Å². The van der Waals surface area contributed by atoms with Crippen molar-refractivity contribution in [3.05, 3.63) is 121 Å². The number of hydrogen-bond donors (Lipinski definition) is 0. The van der Waals surface area contributed by atoms with E-state index in [0.29, 0.717) is 0 Å². The summed E-state index contributed by atoms with van der Waals surface area (Å²) in [5, 5.41) is 57.4. The molecule has 0 N–H and O–H groups in total. The van der Waals surface area contributed by atoms with Crippen molar-refractivity contribution in [2.75, 3.05) is 0 Å². The minimum Gasteiger partial charge on any atom is -0.430 e. The Morgan fingerprint density at radius 1 is 0.611 bits per heavy atom. The van der Waals surface area contributed by atoms with E-state index in [1.807, 2.05) is 24.3 Å². The third-order valence-corrected chi connectivity index (χ3v) is 7.81. The van der Waals surface area contributed by atoms with Crippen LogP contribution in [-0.4, -0.2) is 19.9 Å². The lowest BCUT2D eigenvalue weighted by Crippen LogP contribution is -2.25. The number of nitriles is 6. The Balaban J connectivity index is 1.49. The van der Waals surface area contributed by atoms with E-state index in [9.17, 15) is 48.3 Å². The molecule has 7 rings (SSSR count). The van der Waals surface area contributed by atoms with Gasteiger partial charge in [-0.3, -0.25) is 0 Å². The van der Waals surface area contributed by atoms with Gasteiger partial charge in [-0.15, -0.1) is 0 Å². The van der Waals surface area contributed by atoms with Crippen LogP contribution in [0, 0.1) is 97.1 Å². The number of halogens is 5. The van der Waals surface area contributed by atoms with E-state index in [0.717, 1.165) is 12.1 Å². The maximum atomic E-state index is 15.0. The molecule has 6 aromatic rings. The van der Waals surface area contributed by atoms with Crippen LogP contribution in [0.5, 0.6) is 0 Å². The van der Waals surface area contributed by atoms with Gasteiger partial charge in [0.25, 0.3) is 5.89 Å². The lowest BCUT2D eigenvalue weighted by Gasteiger charge is -2.08. The topological polar surface area (TPSA) is 232 Å². The summed E-state index contributed by atoms with van der Waals surface area (Å²) < 4.78 is 79.2. The fraction of sp³-hybridized carbons (Fsp3) is 0. The molecule has 252 valence electrons. The van der Waals surface area contributed by atoms with Gasteiger partial charge in [0, 0.05) is 11.1 Å². The van der Waals surface area contributed by atoms with Gasteiger partial charge in [-0.1, -0.05) is 0 Å². The quantitative estimate of drug-likeness (QED) is 0.130. The fourth-order valence-electron chi connectivity index (χ4n) is 5.38. The number of benzene rings is 4. The molecule has 0 amide bonds. The second-order valence-corrected chi connectivity index (χ2v) is 10.9. The molecule has 54 heavy (non-hydrogen) atoms. The van der Waals surface area contributed by atoms with Gasteiger partial charge in [0.1, 0.15) is 46.3 Å². The lowest BCUT2D eigenvalue weighted by atomic mass is 10.0. The average Bonchev–Trinajstić information content (AvgIpc) is 3.84. The Morgan fingerprint density at radius 2 is 1.26 bits per heavy atom. The molecule has 13 nitrogen and oxygen atoms in total. The highest BCUT2D eigenvalue weighted by molar-refractivity contribution is 5.83. The highest BCUT2D eigenvalue weighted by atomic mass is 19.2. The van der Waals surface area contributed by atoms with Crippen LogP contribution in [0.2, 0.25) is 0 Å². The van der Waals surface area contributed by atoms with Crippen molar-refractivity contribution >= 4 is 16.7 Å². The molecule has 0 fully saturated rings. The first-order valence-corrected chi connectivity index (χ1v) is 14.7. The zero-order valence-electron chi connectivity index (χ0n) is 26.2. The number of fused-ring (bicyclic) bond motifs is 2. The Morgan fingerprint density at radius 3 is 1.87 bits per heavy atom. The largest absolute Gasteiger partial charge is 0.430 e. The number of rotatable bonds is 4. The Labute approximate surface area is 296 Å². The maximum absolute atomic E-state index is 15.0. The fourth-order valence-corrected chi connectivity index (χ4v) is 5.38. The molecule has 4 aromatic carbocycles. The first-order valence-electron chi connectivity index (χ1n) is 14.7. The predicted octanol–water partition coefficient (Wildman–Crippen LogP) is 5.21. The second kappa shape index (κ2) is 12.9. The zero-order valence-corrected chi connectivity index (χ0v) is 26.2. The summed E-state index contributed by atoms with van der Waals surface area (Å²) in [6.07, 6.45) is 0. The smallest absolute Gasteiger partial charge is 0.266 e. The Hall–Kier alpha value is -8.71. The van der Waals surface area contributed by atoms with Gasteiger partial charge in [0.2, 0.25) is 5.82 Å². The van der Waals surface area contributed by atoms with E-state index in [4.69, 9.17) is 9.68 Å². The van der Waals surface area contributed by atoms with E-state index < -0.39 is 63.1 Å². The number of aromatic nitrogens is 4. The van der Waals surface area contributed by atoms with Crippen molar-refractivity contribution in [2.45, 2.75) is 0 Å². The van der Waals surface area contributed by atoms with Crippen LogP contribution >= 0.6 is 0 Å². The van der Waals surface area contributed by atoms with Crippen molar-refractivity contribution in [1.82, 2.24) is 19.9 Å². The van der Waals surface area contributed by atoms with E-state index in [2.05, 4.69) is 29.9 Å². The Bertz CT molecular complexity index is 3090. The van der Waals surface area contributed by atoms with Gasteiger partial charge >= 0.3 is 0 Å². The molecular formula is C36H7F5N12O. The molecule has 0 bridgehead atoms. The monoisotopic (exact) mass is 718 g/mol. The minimum absolute atomic E-state index is 0.0427. The first-order chi connectivity index (χ1) is 26.0. The summed E-state index contributed by atoms with van der Waals surface area (Å²) in [5.74, 6) is -11.0. The van der Waals surface area contributed by atoms with Crippen LogP contribution in [-0.2, 0) is 0 Å². The molecule has 1 aliphatic heterocycles.